The average molecular weight is 321 g/mol. The van der Waals surface area contributed by atoms with Crippen molar-refractivity contribution < 1.29 is 13.2 Å². The second kappa shape index (κ2) is 7.58. The molecule has 1 fully saturated rings. The molecule has 1 amide bonds. The van der Waals surface area contributed by atoms with Crippen LogP contribution in [0.15, 0.2) is 36.4 Å². The fourth-order valence-electron chi connectivity index (χ4n) is 2.65. The lowest BCUT2D eigenvalue weighted by Crippen LogP contribution is -2.40. The summed E-state index contributed by atoms with van der Waals surface area (Å²) in [5.41, 5.74) is 0.963. The Morgan fingerprint density at radius 3 is 2.64 bits per heavy atom. The van der Waals surface area contributed by atoms with Gasteiger partial charge in [0.2, 0.25) is 5.91 Å². The maximum absolute atomic E-state index is 12.5. The van der Waals surface area contributed by atoms with Gasteiger partial charge in [-0.2, -0.15) is 0 Å². The number of hydrogen-bond donors (Lipinski definition) is 0. The van der Waals surface area contributed by atoms with E-state index in [0.717, 1.165) is 18.4 Å². The standard InChI is InChI=1S/C17H23NO3S/c1-2-3-12-18(16-11-13-22(20,21)14-16)17(19)10-9-15-7-5-4-6-8-15/h4-10,16H,2-3,11-14H2,1H3/b10-9+. The molecular formula is C17H23NO3S. The van der Waals surface area contributed by atoms with Gasteiger partial charge in [0.15, 0.2) is 9.84 Å². The van der Waals surface area contributed by atoms with Gasteiger partial charge >= 0.3 is 0 Å². The van der Waals surface area contributed by atoms with E-state index in [-0.39, 0.29) is 23.5 Å². The zero-order chi connectivity index (χ0) is 16.0. The number of nitrogens with zero attached hydrogens (tertiary/aromatic N) is 1. The quantitative estimate of drug-likeness (QED) is 0.757. The van der Waals surface area contributed by atoms with Crippen molar-refractivity contribution in [2.24, 2.45) is 0 Å². The third-order valence-corrected chi connectivity index (χ3v) is 5.65. The number of carbonyl (C=O) groups excluding carboxylic acids is 1. The molecule has 1 heterocycles. The van der Waals surface area contributed by atoms with Gasteiger partial charge < -0.3 is 4.90 Å². The van der Waals surface area contributed by atoms with Crippen molar-refractivity contribution in [1.29, 1.82) is 0 Å². The first kappa shape index (κ1) is 16.7. The molecular weight excluding hydrogens is 298 g/mol. The molecule has 22 heavy (non-hydrogen) atoms. The minimum absolute atomic E-state index is 0.0978. The predicted octanol–water partition coefficient (Wildman–Crippen LogP) is 2.52. The van der Waals surface area contributed by atoms with Crippen LogP contribution in [0.1, 0.15) is 31.7 Å². The van der Waals surface area contributed by atoms with Crippen molar-refractivity contribution >= 4 is 21.8 Å². The topological polar surface area (TPSA) is 54.5 Å². The largest absolute Gasteiger partial charge is 0.335 e. The third-order valence-electron chi connectivity index (χ3n) is 3.90. The number of carbonyl (C=O) groups is 1. The minimum Gasteiger partial charge on any atom is -0.335 e. The van der Waals surface area contributed by atoms with Gasteiger partial charge in [-0.3, -0.25) is 4.79 Å². The number of rotatable bonds is 6. The van der Waals surface area contributed by atoms with E-state index in [4.69, 9.17) is 0 Å². The SMILES string of the molecule is CCCCN(C(=O)/C=C/c1ccccc1)C1CCS(=O)(=O)C1. The highest BCUT2D eigenvalue weighted by atomic mass is 32.2. The fraction of sp³-hybridized carbons (Fsp3) is 0.471. The van der Waals surface area contributed by atoms with E-state index >= 15 is 0 Å². The molecule has 4 nitrogen and oxygen atoms in total. The monoisotopic (exact) mass is 321 g/mol. The molecule has 0 aromatic heterocycles. The van der Waals surface area contributed by atoms with Crippen LogP contribution in [0, 0.1) is 0 Å². The van der Waals surface area contributed by atoms with E-state index in [2.05, 4.69) is 6.92 Å². The molecule has 0 spiro atoms. The normalized spacial score (nSPS) is 20.3. The van der Waals surface area contributed by atoms with E-state index < -0.39 is 9.84 Å². The van der Waals surface area contributed by atoms with E-state index in [9.17, 15) is 13.2 Å². The summed E-state index contributed by atoms with van der Waals surface area (Å²) >= 11 is 0. The maximum Gasteiger partial charge on any atom is 0.246 e. The molecule has 1 unspecified atom stereocenters. The molecule has 2 rings (SSSR count). The van der Waals surface area contributed by atoms with Crippen LogP contribution in [0.4, 0.5) is 0 Å². The summed E-state index contributed by atoms with van der Waals surface area (Å²) in [6.45, 7) is 2.68. The van der Waals surface area contributed by atoms with Crippen molar-refractivity contribution in [3.63, 3.8) is 0 Å². The number of unbranched alkanes of at least 4 members (excludes halogenated alkanes) is 1. The van der Waals surface area contributed by atoms with E-state index in [1.165, 1.54) is 0 Å². The highest BCUT2D eigenvalue weighted by Crippen LogP contribution is 2.19. The molecule has 1 atom stereocenters. The molecule has 1 aliphatic heterocycles. The van der Waals surface area contributed by atoms with Crippen LogP contribution >= 0.6 is 0 Å². The van der Waals surface area contributed by atoms with Gasteiger partial charge in [-0.1, -0.05) is 43.7 Å². The summed E-state index contributed by atoms with van der Waals surface area (Å²) < 4.78 is 23.3. The molecule has 0 bridgehead atoms. The number of amides is 1. The van der Waals surface area contributed by atoms with Crippen molar-refractivity contribution in [3.8, 4) is 0 Å². The Balaban J connectivity index is 2.08. The first-order valence-corrected chi connectivity index (χ1v) is 9.58. The molecule has 0 saturated carbocycles. The second-order valence-electron chi connectivity index (χ2n) is 5.69. The lowest BCUT2D eigenvalue weighted by Gasteiger charge is -2.27. The van der Waals surface area contributed by atoms with E-state index in [0.29, 0.717) is 13.0 Å². The van der Waals surface area contributed by atoms with Crippen LogP contribution in [0.3, 0.4) is 0 Å². The van der Waals surface area contributed by atoms with Gasteiger partial charge in [-0.05, 0) is 24.5 Å². The molecule has 1 aromatic carbocycles. The van der Waals surface area contributed by atoms with Gasteiger partial charge in [-0.25, -0.2) is 8.42 Å². The molecule has 0 radical (unpaired) electrons. The summed E-state index contributed by atoms with van der Waals surface area (Å²) in [5.74, 6) is 0.192. The molecule has 1 saturated heterocycles. The van der Waals surface area contributed by atoms with Crippen LogP contribution in [0.5, 0.6) is 0 Å². The highest BCUT2D eigenvalue weighted by Gasteiger charge is 2.33. The molecule has 5 heteroatoms. The Morgan fingerprint density at radius 1 is 1.32 bits per heavy atom. The number of hydrogen-bond acceptors (Lipinski definition) is 3. The maximum atomic E-state index is 12.5. The summed E-state index contributed by atoms with van der Waals surface area (Å²) in [4.78, 5) is 14.2. The third kappa shape index (κ3) is 4.70. The van der Waals surface area contributed by atoms with Crippen LogP contribution < -0.4 is 0 Å². The lowest BCUT2D eigenvalue weighted by molar-refractivity contribution is -0.127. The Hall–Kier alpha value is -1.62. The smallest absolute Gasteiger partial charge is 0.246 e. The first-order chi connectivity index (χ1) is 10.5. The van der Waals surface area contributed by atoms with E-state index in [1.54, 1.807) is 17.1 Å². The zero-order valence-electron chi connectivity index (χ0n) is 12.9. The van der Waals surface area contributed by atoms with Crippen molar-refractivity contribution in [3.05, 3.63) is 42.0 Å². The highest BCUT2D eigenvalue weighted by molar-refractivity contribution is 7.91. The Kier molecular flexibility index (Phi) is 5.77. The van der Waals surface area contributed by atoms with Gasteiger partial charge in [0, 0.05) is 18.7 Å². The second-order valence-corrected chi connectivity index (χ2v) is 7.91. The van der Waals surface area contributed by atoms with Gasteiger partial charge in [0.05, 0.1) is 11.5 Å². The van der Waals surface area contributed by atoms with Crippen LogP contribution in [0.2, 0.25) is 0 Å². The average Bonchev–Trinajstić information content (AvgIpc) is 2.86. The predicted molar refractivity (Wildman–Crippen MR) is 89.2 cm³/mol. The summed E-state index contributed by atoms with van der Waals surface area (Å²) in [5, 5.41) is 0. The Bertz CT molecular complexity index is 623. The minimum atomic E-state index is -2.98. The molecule has 120 valence electrons. The fourth-order valence-corrected chi connectivity index (χ4v) is 4.38. The van der Waals surface area contributed by atoms with Gasteiger partial charge in [0.1, 0.15) is 0 Å². The summed E-state index contributed by atoms with van der Waals surface area (Å²) in [6.07, 6.45) is 5.75. The van der Waals surface area contributed by atoms with Crippen molar-refractivity contribution in [1.82, 2.24) is 4.90 Å². The molecule has 0 N–H and O–H groups in total. The van der Waals surface area contributed by atoms with Crippen LogP contribution in [-0.2, 0) is 14.6 Å². The van der Waals surface area contributed by atoms with Crippen molar-refractivity contribution in [2.75, 3.05) is 18.1 Å². The van der Waals surface area contributed by atoms with Crippen LogP contribution in [0.25, 0.3) is 6.08 Å². The Morgan fingerprint density at radius 2 is 2.05 bits per heavy atom. The summed E-state index contributed by atoms with van der Waals surface area (Å²) in [7, 11) is -2.98. The van der Waals surface area contributed by atoms with Gasteiger partial charge in [0.25, 0.3) is 0 Å². The van der Waals surface area contributed by atoms with Crippen molar-refractivity contribution in [2.45, 2.75) is 32.2 Å². The molecule has 0 aliphatic carbocycles. The van der Waals surface area contributed by atoms with E-state index in [1.807, 2.05) is 30.3 Å². The Labute approximate surface area is 132 Å². The van der Waals surface area contributed by atoms with Gasteiger partial charge in [-0.15, -0.1) is 0 Å². The zero-order valence-corrected chi connectivity index (χ0v) is 13.8. The lowest BCUT2D eigenvalue weighted by atomic mass is 10.1. The van der Waals surface area contributed by atoms with Crippen LogP contribution in [-0.4, -0.2) is 43.3 Å². The number of sulfone groups is 1. The molecule has 1 aliphatic rings. The first-order valence-electron chi connectivity index (χ1n) is 7.76. The number of benzene rings is 1. The summed E-state index contributed by atoms with van der Waals surface area (Å²) in [6, 6.07) is 9.45. The molecule has 1 aromatic rings.